The van der Waals surface area contributed by atoms with Crippen molar-refractivity contribution < 1.29 is 9.53 Å². The molecular weight excluding hydrogens is 250 g/mol. The van der Waals surface area contributed by atoms with Crippen molar-refractivity contribution in [2.75, 3.05) is 12.4 Å². The van der Waals surface area contributed by atoms with Gasteiger partial charge in [0.1, 0.15) is 0 Å². The third-order valence-corrected chi connectivity index (χ3v) is 3.49. The number of thioether (sulfide) groups is 1. The van der Waals surface area contributed by atoms with Crippen molar-refractivity contribution in [3.63, 3.8) is 0 Å². The van der Waals surface area contributed by atoms with Crippen LogP contribution in [-0.2, 0) is 9.53 Å². The molecule has 1 aromatic rings. The van der Waals surface area contributed by atoms with Crippen LogP contribution in [0, 0.1) is 0 Å². The lowest BCUT2D eigenvalue weighted by Gasteiger charge is -2.10. The van der Waals surface area contributed by atoms with Crippen molar-refractivity contribution in [3.05, 3.63) is 24.3 Å². The van der Waals surface area contributed by atoms with Crippen LogP contribution < -0.4 is 10.7 Å². The number of methoxy groups -OCH3 is 1. The number of hydrogen-bond acceptors (Lipinski definition) is 6. The molecule has 0 saturated carbocycles. The highest BCUT2D eigenvalue weighted by Crippen LogP contribution is 2.36. The molecule has 1 unspecified atom stereocenters. The third kappa shape index (κ3) is 3.16. The number of carbonyl (C=O) groups excluding carboxylic acids is 1. The minimum Gasteiger partial charge on any atom is -0.469 e. The molecule has 0 spiro atoms. The van der Waals surface area contributed by atoms with Gasteiger partial charge in [-0.1, -0.05) is 23.9 Å². The molecule has 0 bridgehead atoms. The second-order valence-electron chi connectivity index (χ2n) is 3.87. The zero-order valence-corrected chi connectivity index (χ0v) is 11.1. The molecule has 1 heterocycles. The minimum absolute atomic E-state index is 0.00463. The van der Waals surface area contributed by atoms with Gasteiger partial charge in [0.15, 0.2) is 5.50 Å². The molecule has 1 aliphatic heterocycles. The predicted molar refractivity (Wildman–Crippen MR) is 72.6 cm³/mol. The minimum atomic E-state index is -0.284. The number of anilines is 1. The summed E-state index contributed by atoms with van der Waals surface area (Å²) in [6.45, 7) is 1.79. The molecule has 0 aromatic heterocycles. The van der Waals surface area contributed by atoms with Gasteiger partial charge in [0.05, 0.1) is 19.2 Å². The molecule has 6 heteroatoms. The Morgan fingerprint density at radius 1 is 1.56 bits per heavy atom. The fourth-order valence-corrected chi connectivity index (χ4v) is 2.49. The number of para-hydroxylation sites is 1. The maximum Gasteiger partial charge on any atom is 0.311 e. The van der Waals surface area contributed by atoms with Crippen molar-refractivity contribution in [1.82, 2.24) is 5.43 Å². The summed E-state index contributed by atoms with van der Waals surface area (Å²) in [6.07, 6.45) is 0.202. The molecule has 0 radical (unpaired) electrons. The highest BCUT2D eigenvalue weighted by Gasteiger charge is 2.19. The van der Waals surface area contributed by atoms with Crippen LogP contribution in [0.3, 0.4) is 0 Å². The Balaban J connectivity index is 1.86. The summed E-state index contributed by atoms with van der Waals surface area (Å²) in [5, 5.41) is 7.45. The SMILES string of the molecule is COC(=O)C/C(C)=N/NC1Nc2ccccc2S1. The second-order valence-corrected chi connectivity index (χ2v) is 5.01. The summed E-state index contributed by atoms with van der Waals surface area (Å²) in [5.74, 6) is -0.284. The molecule has 2 N–H and O–H groups in total. The molecule has 0 saturated heterocycles. The number of benzene rings is 1. The number of fused-ring (bicyclic) bond motifs is 1. The molecule has 1 aliphatic rings. The molecule has 18 heavy (non-hydrogen) atoms. The van der Waals surface area contributed by atoms with Crippen LogP contribution in [0.15, 0.2) is 34.3 Å². The van der Waals surface area contributed by atoms with Crippen molar-refractivity contribution in [2.24, 2.45) is 5.10 Å². The van der Waals surface area contributed by atoms with Crippen molar-refractivity contribution in [1.29, 1.82) is 0 Å². The Kier molecular flexibility index (Phi) is 4.09. The largest absolute Gasteiger partial charge is 0.469 e. The Labute approximate surface area is 110 Å². The number of hydrazone groups is 1. The molecule has 5 nitrogen and oxygen atoms in total. The van der Waals surface area contributed by atoms with Gasteiger partial charge in [-0.15, -0.1) is 0 Å². The number of carbonyl (C=O) groups is 1. The summed E-state index contributed by atoms with van der Waals surface area (Å²) in [5.41, 5.74) is 4.78. The fraction of sp³-hybridized carbons (Fsp3) is 0.333. The summed E-state index contributed by atoms with van der Waals surface area (Å²) in [6, 6.07) is 8.07. The number of nitrogens with zero attached hydrogens (tertiary/aromatic N) is 1. The van der Waals surface area contributed by atoms with Gasteiger partial charge in [0.25, 0.3) is 0 Å². The Morgan fingerprint density at radius 2 is 2.33 bits per heavy atom. The first-order chi connectivity index (χ1) is 8.69. The summed E-state index contributed by atoms with van der Waals surface area (Å²) in [7, 11) is 1.37. The molecule has 2 rings (SSSR count). The summed E-state index contributed by atoms with van der Waals surface area (Å²) < 4.78 is 4.57. The summed E-state index contributed by atoms with van der Waals surface area (Å²) >= 11 is 1.66. The van der Waals surface area contributed by atoms with E-state index in [0.717, 1.165) is 5.69 Å². The van der Waals surface area contributed by atoms with E-state index in [2.05, 4.69) is 26.6 Å². The highest BCUT2D eigenvalue weighted by molar-refractivity contribution is 8.00. The molecule has 0 amide bonds. The van der Waals surface area contributed by atoms with Crippen LogP contribution in [0.1, 0.15) is 13.3 Å². The van der Waals surface area contributed by atoms with Gasteiger partial charge in [-0.25, -0.2) is 0 Å². The maximum absolute atomic E-state index is 11.0. The van der Waals surface area contributed by atoms with Gasteiger partial charge in [-0.05, 0) is 19.1 Å². The molecule has 96 valence electrons. The molecule has 1 aromatic carbocycles. The first-order valence-electron chi connectivity index (χ1n) is 5.57. The Bertz CT molecular complexity index is 451. The monoisotopic (exact) mass is 265 g/mol. The number of ether oxygens (including phenoxy) is 1. The highest BCUT2D eigenvalue weighted by atomic mass is 32.2. The van der Waals surface area contributed by atoms with Gasteiger partial charge in [0, 0.05) is 10.6 Å². The van der Waals surface area contributed by atoms with Crippen molar-refractivity contribution >= 4 is 29.1 Å². The zero-order valence-electron chi connectivity index (χ0n) is 10.3. The fourth-order valence-electron chi connectivity index (χ4n) is 1.53. The van der Waals surface area contributed by atoms with Crippen LogP contribution in [0.2, 0.25) is 0 Å². The van der Waals surface area contributed by atoms with Gasteiger partial charge in [0.2, 0.25) is 0 Å². The van der Waals surface area contributed by atoms with Gasteiger partial charge in [-0.2, -0.15) is 5.10 Å². The normalized spacial score (nSPS) is 17.9. The lowest BCUT2D eigenvalue weighted by Crippen LogP contribution is -2.27. The van der Waals surface area contributed by atoms with E-state index >= 15 is 0 Å². The number of nitrogens with one attached hydrogen (secondary N) is 2. The van der Waals surface area contributed by atoms with Gasteiger partial charge >= 0.3 is 5.97 Å². The molecule has 1 atom stereocenters. The van der Waals surface area contributed by atoms with Crippen LogP contribution >= 0.6 is 11.8 Å². The quantitative estimate of drug-likeness (QED) is 0.495. The van der Waals surface area contributed by atoms with E-state index in [1.54, 1.807) is 18.7 Å². The smallest absolute Gasteiger partial charge is 0.311 e. The van der Waals surface area contributed by atoms with E-state index in [9.17, 15) is 4.79 Å². The lowest BCUT2D eigenvalue weighted by atomic mass is 10.3. The van der Waals surface area contributed by atoms with Crippen LogP contribution in [0.4, 0.5) is 5.69 Å². The molecular formula is C12H15N3O2S. The maximum atomic E-state index is 11.0. The summed E-state index contributed by atoms with van der Waals surface area (Å²) in [4.78, 5) is 12.2. The lowest BCUT2D eigenvalue weighted by molar-refractivity contribution is -0.139. The average molecular weight is 265 g/mol. The van der Waals surface area contributed by atoms with Gasteiger partial charge < -0.3 is 10.1 Å². The van der Waals surface area contributed by atoms with Gasteiger partial charge in [-0.3, -0.25) is 10.2 Å². The van der Waals surface area contributed by atoms with E-state index in [1.165, 1.54) is 12.0 Å². The predicted octanol–water partition coefficient (Wildman–Crippen LogP) is 2.02. The van der Waals surface area contributed by atoms with E-state index in [4.69, 9.17) is 0 Å². The van der Waals surface area contributed by atoms with Crippen LogP contribution in [0.5, 0.6) is 0 Å². The Hall–Kier alpha value is -1.69. The van der Waals surface area contributed by atoms with Crippen molar-refractivity contribution in [2.45, 2.75) is 23.7 Å². The zero-order chi connectivity index (χ0) is 13.0. The van der Waals surface area contributed by atoms with Crippen LogP contribution in [0.25, 0.3) is 0 Å². The first kappa shape index (κ1) is 12.8. The average Bonchev–Trinajstić information content (AvgIpc) is 2.79. The Morgan fingerprint density at radius 3 is 3.06 bits per heavy atom. The van der Waals surface area contributed by atoms with E-state index in [0.29, 0.717) is 5.71 Å². The molecule has 0 fully saturated rings. The van der Waals surface area contributed by atoms with Crippen molar-refractivity contribution in [3.8, 4) is 0 Å². The number of esters is 1. The topological polar surface area (TPSA) is 62.7 Å². The van der Waals surface area contributed by atoms with Crippen LogP contribution in [-0.4, -0.2) is 24.3 Å². The van der Waals surface area contributed by atoms with E-state index < -0.39 is 0 Å². The second kappa shape index (κ2) is 5.77. The number of rotatable bonds is 4. The first-order valence-corrected chi connectivity index (χ1v) is 6.44. The number of hydrogen-bond donors (Lipinski definition) is 2. The third-order valence-electron chi connectivity index (χ3n) is 2.42. The molecule has 0 aliphatic carbocycles. The standard InChI is InChI=1S/C12H15N3O2S/c1-8(7-11(16)17-2)14-15-12-13-9-5-3-4-6-10(9)18-12/h3-6,12-13,15H,7H2,1-2H3/b14-8+. The van der Waals surface area contributed by atoms with E-state index in [-0.39, 0.29) is 17.9 Å². The van der Waals surface area contributed by atoms with E-state index in [1.807, 2.05) is 18.2 Å².